The molecular formula is C38H32N4O2S. The number of aromatic nitrogens is 2. The number of hydrogen-bond acceptors (Lipinski definition) is 5. The van der Waals surface area contributed by atoms with Gasteiger partial charge in [-0.05, 0) is 66.7 Å². The zero-order chi connectivity index (χ0) is 31.0. The first-order chi connectivity index (χ1) is 22.1. The third kappa shape index (κ3) is 7.22. The van der Waals surface area contributed by atoms with Gasteiger partial charge in [0.2, 0.25) is 0 Å². The lowest BCUT2D eigenvalue weighted by Crippen LogP contribution is -2.33. The summed E-state index contributed by atoms with van der Waals surface area (Å²) in [5.41, 5.74) is 7.29. The van der Waals surface area contributed by atoms with Gasteiger partial charge in [0, 0.05) is 35.5 Å². The van der Waals surface area contributed by atoms with Crippen molar-refractivity contribution in [1.29, 1.82) is 0 Å². The van der Waals surface area contributed by atoms with Crippen molar-refractivity contribution < 1.29 is 9.53 Å². The standard InChI is InChI=1S/C38H32N4O2S/c1-2-24-42(26-27-12-6-3-7-13-27)38(45)44-32-21-18-30(19-22-32)37(43)39-31-20-23-33-34(25-31)41-36(29-16-10-5-11-17-29)35(40-33)28-14-8-4-9-15-28/h3-23,25H,2,24,26H2,1H3,(H,39,43). The van der Waals surface area contributed by atoms with E-state index in [0.29, 0.717) is 34.2 Å². The van der Waals surface area contributed by atoms with Gasteiger partial charge in [-0.2, -0.15) is 0 Å². The van der Waals surface area contributed by atoms with Crippen molar-refractivity contribution >= 4 is 40.0 Å². The smallest absolute Gasteiger partial charge is 0.265 e. The number of amides is 1. The highest BCUT2D eigenvalue weighted by Gasteiger charge is 2.15. The minimum absolute atomic E-state index is 0.239. The summed E-state index contributed by atoms with van der Waals surface area (Å²) in [6.07, 6.45) is 0.942. The van der Waals surface area contributed by atoms with Gasteiger partial charge >= 0.3 is 0 Å². The average Bonchev–Trinajstić information content (AvgIpc) is 3.09. The number of carbonyl (C=O) groups excluding carboxylic acids is 1. The number of nitrogens with zero attached hydrogens (tertiary/aromatic N) is 3. The molecule has 0 aliphatic heterocycles. The topological polar surface area (TPSA) is 67.3 Å². The highest BCUT2D eigenvalue weighted by atomic mass is 32.1. The Morgan fingerprint density at radius 3 is 1.91 bits per heavy atom. The van der Waals surface area contributed by atoms with E-state index in [0.717, 1.165) is 46.6 Å². The second kappa shape index (κ2) is 13.9. The van der Waals surface area contributed by atoms with E-state index in [-0.39, 0.29) is 5.91 Å². The van der Waals surface area contributed by atoms with Gasteiger partial charge in [0.1, 0.15) is 5.75 Å². The first kappa shape index (κ1) is 29.7. The molecule has 5 aromatic carbocycles. The summed E-state index contributed by atoms with van der Waals surface area (Å²) in [5, 5.41) is 3.40. The van der Waals surface area contributed by atoms with Crippen molar-refractivity contribution in [1.82, 2.24) is 14.9 Å². The molecule has 0 atom stereocenters. The lowest BCUT2D eigenvalue weighted by Gasteiger charge is -2.24. The predicted octanol–water partition coefficient (Wildman–Crippen LogP) is 8.79. The van der Waals surface area contributed by atoms with E-state index < -0.39 is 0 Å². The van der Waals surface area contributed by atoms with Gasteiger partial charge in [0.05, 0.1) is 22.4 Å². The Labute approximate surface area is 268 Å². The molecule has 0 bridgehead atoms. The third-order valence-electron chi connectivity index (χ3n) is 7.31. The Morgan fingerprint density at radius 2 is 1.31 bits per heavy atom. The molecule has 1 N–H and O–H groups in total. The molecule has 0 radical (unpaired) electrons. The largest absolute Gasteiger partial charge is 0.432 e. The van der Waals surface area contributed by atoms with Crippen molar-refractivity contribution in [2.45, 2.75) is 19.9 Å². The highest BCUT2D eigenvalue weighted by molar-refractivity contribution is 7.80. The molecule has 1 aromatic heterocycles. The highest BCUT2D eigenvalue weighted by Crippen LogP contribution is 2.31. The number of hydrogen-bond donors (Lipinski definition) is 1. The van der Waals surface area contributed by atoms with Gasteiger partial charge in [-0.1, -0.05) is 97.9 Å². The minimum atomic E-state index is -0.239. The third-order valence-corrected chi connectivity index (χ3v) is 7.65. The van der Waals surface area contributed by atoms with Gasteiger partial charge < -0.3 is 15.0 Å². The zero-order valence-electron chi connectivity index (χ0n) is 24.9. The Kier molecular flexibility index (Phi) is 9.18. The number of thiocarbonyl (C=S) groups is 1. The molecule has 6 rings (SSSR count). The van der Waals surface area contributed by atoms with Crippen LogP contribution in [-0.2, 0) is 6.54 Å². The van der Waals surface area contributed by atoms with Crippen molar-refractivity contribution in [3.8, 4) is 28.3 Å². The normalized spacial score (nSPS) is 10.8. The summed E-state index contributed by atoms with van der Waals surface area (Å²) >= 11 is 5.62. The number of ether oxygens (including phenoxy) is 1. The summed E-state index contributed by atoms with van der Waals surface area (Å²) < 4.78 is 6.00. The van der Waals surface area contributed by atoms with Crippen LogP contribution in [-0.4, -0.2) is 32.5 Å². The van der Waals surface area contributed by atoms with E-state index in [4.69, 9.17) is 26.9 Å². The van der Waals surface area contributed by atoms with Crippen LogP contribution in [0.4, 0.5) is 5.69 Å². The number of fused-ring (bicyclic) bond motifs is 1. The summed E-state index contributed by atoms with van der Waals surface area (Å²) in [6, 6.07) is 42.8. The maximum absolute atomic E-state index is 13.2. The van der Waals surface area contributed by atoms with Crippen LogP contribution in [0.5, 0.6) is 5.75 Å². The van der Waals surface area contributed by atoms with E-state index in [1.165, 1.54) is 0 Å². The van der Waals surface area contributed by atoms with Crippen LogP contribution in [0.3, 0.4) is 0 Å². The van der Waals surface area contributed by atoms with Crippen molar-refractivity contribution in [3.63, 3.8) is 0 Å². The van der Waals surface area contributed by atoms with E-state index in [9.17, 15) is 4.79 Å². The summed E-state index contributed by atoms with van der Waals surface area (Å²) in [6.45, 7) is 3.57. The molecule has 7 heteroatoms. The Balaban J connectivity index is 1.18. The fourth-order valence-corrected chi connectivity index (χ4v) is 5.33. The number of anilines is 1. The minimum Gasteiger partial charge on any atom is -0.432 e. The Hall–Kier alpha value is -5.40. The maximum Gasteiger partial charge on any atom is 0.265 e. The monoisotopic (exact) mass is 608 g/mol. The van der Waals surface area contributed by atoms with Crippen LogP contribution < -0.4 is 10.1 Å². The van der Waals surface area contributed by atoms with Gasteiger partial charge in [-0.3, -0.25) is 4.79 Å². The predicted molar refractivity (Wildman–Crippen MR) is 185 cm³/mol. The lowest BCUT2D eigenvalue weighted by atomic mass is 10.0. The first-order valence-electron chi connectivity index (χ1n) is 14.9. The molecule has 0 spiro atoms. The maximum atomic E-state index is 13.2. The average molecular weight is 609 g/mol. The second-order valence-corrected chi connectivity index (χ2v) is 11.0. The molecule has 45 heavy (non-hydrogen) atoms. The van der Waals surface area contributed by atoms with Crippen LogP contribution in [0, 0.1) is 0 Å². The number of nitrogens with one attached hydrogen (secondary N) is 1. The van der Waals surface area contributed by atoms with E-state index in [2.05, 4.69) is 24.4 Å². The van der Waals surface area contributed by atoms with Crippen LogP contribution in [0.25, 0.3) is 33.5 Å². The summed E-state index contributed by atoms with van der Waals surface area (Å²) in [5.74, 6) is 0.340. The van der Waals surface area contributed by atoms with Crippen molar-refractivity contribution in [3.05, 3.63) is 145 Å². The SMILES string of the molecule is CCCN(Cc1ccccc1)C(=S)Oc1ccc(C(=O)Nc2ccc3nc(-c4ccccc4)c(-c4ccccc4)nc3c2)cc1. The molecule has 1 heterocycles. The Bertz CT molecular complexity index is 1920. The van der Waals surface area contributed by atoms with Gasteiger partial charge in [0.15, 0.2) is 0 Å². The first-order valence-corrected chi connectivity index (χ1v) is 15.3. The van der Waals surface area contributed by atoms with Crippen molar-refractivity contribution in [2.75, 3.05) is 11.9 Å². The quantitative estimate of drug-likeness (QED) is 0.166. The van der Waals surface area contributed by atoms with Gasteiger partial charge in [0.25, 0.3) is 11.1 Å². The van der Waals surface area contributed by atoms with E-state index in [1.54, 1.807) is 24.3 Å². The number of rotatable bonds is 9. The molecule has 0 saturated carbocycles. The summed E-state index contributed by atoms with van der Waals surface area (Å²) in [7, 11) is 0. The second-order valence-electron chi connectivity index (χ2n) is 10.6. The van der Waals surface area contributed by atoms with Crippen LogP contribution in [0.1, 0.15) is 29.3 Å². The van der Waals surface area contributed by atoms with Crippen LogP contribution in [0.15, 0.2) is 133 Å². The number of carbonyl (C=O) groups is 1. The molecule has 0 fully saturated rings. The summed E-state index contributed by atoms with van der Waals surface area (Å²) in [4.78, 5) is 25.2. The number of benzene rings is 5. The molecule has 0 aliphatic rings. The lowest BCUT2D eigenvalue weighted by molar-refractivity contribution is 0.102. The molecule has 0 saturated heterocycles. The molecular weight excluding hydrogens is 577 g/mol. The fraction of sp³-hybridized carbons (Fsp3) is 0.105. The van der Waals surface area contributed by atoms with E-state index >= 15 is 0 Å². The molecule has 0 aliphatic carbocycles. The van der Waals surface area contributed by atoms with E-state index in [1.807, 2.05) is 102 Å². The molecule has 6 nitrogen and oxygen atoms in total. The fourth-order valence-electron chi connectivity index (χ4n) is 5.08. The van der Waals surface area contributed by atoms with Gasteiger partial charge in [-0.25, -0.2) is 9.97 Å². The van der Waals surface area contributed by atoms with Crippen molar-refractivity contribution in [2.24, 2.45) is 0 Å². The van der Waals surface area contributed by atoms with Gasteiger partial charge in [-0.15, -0.1) is 0 Å². The molecule has 6 aromatic rings. The van der Waals surface area contributed by atoms with Crippen LogP contribution >= 0.6 is 12.2 Å². The zero-order valence-corrected chi connectivity index (χ0v) is 25.7. The molecule has 0 unspecified atom stereocenters. The van der Waals surface area contributed by atoms with Crippen LogP contribution in [0.2, 0.25) is 0 Å². The molecule has 222 valence electrons. The Morgan fingerprint density at radius 1 is 0.733 bits per heavy atom. The molecule has 1 amide bonds.